The average molecular weight is 959 g/mol. The summed E-state index contributed by atoms with van der Waals surface area (Å²) in [5.74, 6) is -2.61. The number of hydrogen-bond donors (Lipinski definition) is 4. The van der Waals surface area contributed by atoms with Crippen molar-refractivity contribution in [2.24, 2.45) is 5.41 Å². The van der Waals surface area contributed by atoms with Crippen LogP contribution in [0.15, 0.2) is 71.7 Å². The van der Waals surface area contributed by atoms with Gasteiger partial charge in [-0.3, -0.25) is 19.2 Å². The molecule has 0 saturated carbocycles. The Morgan fingerprint density at radius 1 is 0.985 bits per heavy atom. The van der Waals surface area contributed by atoms with E-state index in [2.05, 4.69) is 20.9 Å². The summed E-state index contributed by atoms with van der Waals surface area (Å²) in [6.45, 7) is 5.56. The summed E-state index contributed by atoms with van der Waals surface area (Å²) in [4.78, 5) is 59.8. The lowest BCUT2D eigenvalue weighted by atomic mass is 9.85. The highest BCUT2D eigenvalue weighted by molar-refractivity contribution is 7.13. The Hall–Kier alpha value is -6.50. The van der Waals surface area contributed by atoms with Crippen LogP contribution in [0.3, 0.4) is 0 Å². The molecule has 1 aliphatic heterocycles. The number of thiazole rings is 1. The largest absolute Gasteiger partial charge is 0.493 e. The molecular formula is C46H48F6N6O8S. The maximum atomic E-state index is 13.9. The molecule has 4 aromatic rings. The van der Waals surface area contributed by atoms with Gasteiger partial charge in [0, 0.05) is 31.6 Å². The number of aliphatic hydroxyl groups is 1. The molecular weight excluding hydrogens is 911 g/mol. The van der Waals surface area contributed by atoms with Gasteiger partial charge in [0.05, 0.1) is 47.0 Å². The fourth-order valence-electron chi connectivity index (χ4n) is 6.99. The number of aromatic nitrogens is 1. The van der Waals surface area contributed by atoms with E-state index in [1.54, 1.807) is 32.4 Å². The van der Waals surface area contributed by atoms with Crippen LogP contribution in [0.4, 0.5) is 26.3 Å². The molecule has 14 nitrogen and oxygen atoms in total. The van der Waals surface area contributed by atoms with Crippen molar-refractivity contribution >= 4 is 41.0 Å². The first-order valence-electron chi connectivity index (χ1n) is 20.6. The van der Waals surface area contributed by atoms with Crippen molar-refractivity contribution in [3.63, 3.8) is 0 Å². The minimum Gasteiger partial charge on any atom is -0.493 e. The second-order valence-electron chi connectivity index (χ2n) is 16.5. The monoisotopic (exact) mass is 958 g/mol. The van der Waals surface area contributed by atoms with Gasteiger partial charge in [-0.25, -0.2) is 4.98 Å². The van der Waals surface area contributed by atoms with E-state index in [0.717, 1.165) is 21.7 Å². The number of rotatable bonds is 17. The Morgan fingerprint density at radius 2 is 1.70 bits per heavy atom. The minimum atomic E-state index is -5.10. The molecule has 1 aliphatic rings. The molecule has 4 amide bonds. The third kappa shape index (κ3) is 13.8. The first kappa shape index (κ1) is 51.5. The van der Waals surface area contributed by atoms with Crippen LogP contribution < -0.4 is 25.4 Å². The van der Waals surface area contributed by atoms with E-state index in [4.69, 9.17) is 14.2 Å². The number of carbonyl (C=O) groups excluding carboxylic acids is 4. The van der Waals surface area contributed by atoms with Crippen LogP contribution in [-0.4, -0.2) is 90.2 Å². The summed E-state index contributed by atoms with van der Waals surface area (Å²) in [7, 11) is 1.22. The third-order valence-corrected chi connectivity index (χ3v) is 11.4. The SMILES string of the molecule is COc1cc(/C=C(\C#N)C(=O)NCCOCC(=O)N[C@H](C(=O)N2C[C@H](O)C[C@H]2C(=O)NCc2ccc(-c3scnc3C)cc2)C(C)(C)C)ccc1OCc1ccc(C(F)(F)F)cc1C(F)(F)F. The highest BCUT2D eigenvalue weighted by atomic mass is 32.1. The fraction of sp³-hybridized carbons (Fsp3) is 0.391. The van der Waals surface area contributed by atoms with Gasteiger partial charge in [0.15, 0.2) is 11.5 Å². The maximum Gasteiger partial charge on any atom is 0.416 e. The van der Waals surface area contributed by atoms with Gasteiger partial charge >= 0.3 is 12.4 Å². The van der Waals surface area contributed by atoms with Crippen molar-refractivity contribution in [1.82, 2.24) is 25.8 Å². The standard InChI is InChI=1S/C46H48F6N6O8S/c1-26-39(67-25-56-26)29-9-6-27(7-10-29)21-55-42(62)35-19-33(59)22-58(35)43(63)40(44(2,3)4)57-38(60)24-65-15-14-54-41(61)31(20-53)16-28-8-13-36(37(17-28)64-5)66-23-30-11-12-32(45(47,48)49)18-34(30)46(50,51)52/h6-13,16-18,25,33,35,40,59H,14-15,19,21-24H2,1-5H3,(H,54,61)(H,55,62)(H,57,60)/b31-16+/t33-,35+,40-/m1/s1. The molecule has 1 aromatic heterocycles. The van der Waals surface area contributed by atoms with Gasteiger partial charge in [0.1, 0.15) is 36.9 Å². The van der Waals surface area contributed by atoms with Gasteiger partial charge in [-0.15, -0.1) is 11.3 Å². The topological polar surface area (TPSA) is 192 Å². The lowest BCUT2D eigenvalue weighted by Crippen LogP contribution is -2.58. The van der Waals surface area contributed by atoms with Crippen molar-refractivity contribution in [3.05, 3.63) is 105 Å². The Morgan fingerprint density at radius 3 is 2.31 bits per heavy atom. The van der Waals surface area contributed by atoms with Gasteiger partial charge in [-0.1, -0.05) is 57.2 Å². The van der Waals surface area contributed by atoms with Gasteiger partial charge in [0.25, 0.3) is 5.91 Å². The highest BCUT2D eigenvalue weighted by Crippen LogP contribution is 2.39. The number of halogens is 6. The van der Waals surface area contributed by atoms with Crippen molar-refractivity contribution < 1.29 is 64.8 Å². The van der Waals surface area contributed by atoms with Crippen LogP contribution in [0.2, 0.25) is 0 Å². The lowest BCUT2D eigenvalue weighted by Gasteiger charge is -2.35. The molecule has 0 unspecified atom stereocenters. The zero-order chi connectivity index (χ0) is 49.3. The van der Waals surface area contributed by atoms with E-state index in [0.29, 0.717) is 12.1 Å². The number of hydrogen-bond acceptors (Lipinski definition) is 11. The van der Waals surface area contributed by atoms with Crippen LogP contribution in [0, 0.1) is 23.7 Å². The number of β-amino-alcohol motifs (C(OH)–C–C–N with tert-alkyl or cyclic N) is 1. The van der Waals surface area contributed by atoms with Crippen LogP contribution >= 0.6 is 11.3 Å². The van der Waals surface area contributed by atoms with Crippen LogP contribution in [-0.2, 0) is 49.4 Å². The zero-order valence-electron chi connectivity index (χ0n) is 36.9. The van der Waals surface area contributed by atoms with E-state index in [1.165, 1.54) is 47.6 Å². The first-order chi connectivity index (χ1) is 31.5. The number of benzene rings is 3. The smallest absolute Gasteiger partial charge is 0.416 e. The molecule has 67 heavy (non-hydrogen) atoms. The van der Waals surface area contributed by atoms with E-state index in [-0.39, 0.29) is 61.4 Å². The summed E-state index contributed by atoms with van der Waals surface area (Å²) < 4.78 is 96.2. The fourth-order valence-corrected chi connectivity index (χ4v) is 7.80. The summed E-state index contributed by atoms with van der Waals surface area (Å²) in [5.41, 5.74) is 0.0170. The summed E-state index contributed by atoms with van der Waals surface area (Å²) in [5, 5.41) is 28.2. The van der Waals surface area contributed by atoms with E-state index < -0.39 is 89.5 Å². The molecule has 2 heterocycles. The molecule has 1 saturated heterocycles. The number of aryl methyl sites for hydroxylation is 1. The summed E-state index contributed by atoms with van der Waals surface area (Å²) >= 11 is 1.53. The number of ether oxygens (including phenoxy) is 3. The number of aliphatic hydroxyl groups excluding tert-OH is 1. The minimum absolute atomic E-state index is 0.00507. The molecule has 4 N–H and O–H groups in total. The van der Waals surface area contributed by atoms with E-state index in [9.17, 15) is 55.9 Å². The number of nitrogens with zero attached hydrogens (tertiary/aromatic N) is 3. The van der Waals surface area contributed by atoms with Gasteiger partial charge in [-0.05, 0) is 59.4 Å². The van der Waals surface area contributed by atoms with Gasteiger partial charge in [-0.2, -0.15) is 31.6 Å². The maximum absolute atomic E-state index is 13.9. The van der Waals surface area contributed by atoms with Crippen molar-refractivity contribution in [3.8, 4) is 28.0 Å². The van der Waals surface area contributed by atoms with Crippen LogP contribution in [0.1, 0.15) is 60.7 Å². The molecule has 21 heteroatoms. The molecule has 3 aromatic carbocycles. The Kier molecular flexibility index (Phi) is 16.8. The number of methoxy groups -OCH3 is 1. The number of likely N-dealkylation sites (tertiary alicyclic amines) is 1. The van der Waals surface area contributed by atoms with Crippen LogP contribution in [0.25, 0.3) is 16.5 Å². The van der Waals surface area contributed by atoms with Crippen LogP contribution in [0.5, 0.6) is 11.5 Å². The predicted molar refractivity (Wildman–Crippen MR) is 233 cm³/mol. The van der Waals surface area contributed by atoms with Gasteiger partial charge < -0.3 is 40.2 Å². The second-order valence-corrected chi connectivity index (χ2v) is 17.3. The molecule has 0 bridgehead atoms. The Labute approximate surface area is 385 Å². The molecule has 0 spiro atoms. The number of nitrogens with one attached hydrogen (secondary N) is 3. The van der Waals surface area contributed by atoms with E-state index in [1.807, 2.05) is 31.2 Å². The summed E-state index contributed by atoms with van der Waals surface area (Å²) in [6.07, 6.45) is -9.86. The zero-order valence-corrected chi connectivity index (χ0v) is 37.7. The quantitative estimate of drug-likeness (QED) is 0.0389. The lowest BCUT2D eigenvalue weighted by molar-refractivity contribution is -0.144. The van der Waals surface area contributed by atoms with Gasteiger partial charge in [0.2, 0.25) is 17.7 Å². The average Bonchev–Trinajstić information content (AvgIpc) is 3.89. The second kappa shape index (κ2) is 21.9. The van der Waals surface area contributed by atoms with Crippen molar-refractivity contribution in [2.75, 3.05) is 33.4 Å². The first-order valence-corrected chi connectivity index (χ1v) is 21.5. The van der Waals surface area contributed by atoms with Crippen molar-refractivity contribution in [2.45, 2.75) is 77.8 Å². The third-order valence-electron chi connectivity index (χ3n) is 10.5. The molecule has 3 atom stereocenters. The molecule has 5 rings (SSSR count). The number of alkyl halides is 6. The summed E-state index contributed by atoms with van der Waals surface area (Å²) in [6, 6.07) is 12.5. The highest BCUT2D eigenvalue weighted by Gasteiger charge is 2.44. The molecule has 358 valence electrons. The van der Waals surface area contributed by atoms with E-state index >= 15 is 0 Å². The normalized spacial score (nSPS) is 15.9. The predicted octanol–water partition coefficient (Wildman–Crippen LogP) is 6.59. The van der Waals surface area contributed by atoms with Crippen molar-refractivity contribution in [1.29, 1.82) is 5.26 Å². The number of carbonyl (C=O) groups is 4. The number of amides is 4. The Balaban J connectivity index is 1.10. The number of nitriles is 1. The molecule has 0 radical (unpaired) electrons. The Bertz CT molecular complexity index is 2500. The molecule has 1 fully saturated rings. The molecule has 0 aliphatic carbocycles.